The first kappa shape index (κ1) is 22.7. The summed E-state index contributed by atoms with van der Waals surface area (Å²) in [6.45, 7) is 2.42. The van der Waals surface area contributed by atoms with Gasteiger partial charge in [-0.25, -0.2) is 4.68 Å². The second kappa shape index (κ2) is 10.4. The van der Waals surface area contributed by atoms with Crippen LogP contribution < -0.4 is 20.9 Å². The molecule has 1 aromatic heterocycles. The van der Waals surface area contributed by atoms with E-state index in [0.29, 0.717) is 28.8 Å². The molecule has 0 bridgehead atoms. The number of ether oxygens (including phenoxy) is 1. The Hall–Kier alpha value is -4.46. The van der Waals surface area contributed by atoms with Crippen LogP contribution in [0.1, 0.15) is 23.0 Å². The van der Waals surface area contributed by atoms with E-state index >= 15 is 0 Å². The van der Waals surface area contributed by atoms with Crippen LogP contribution in [0.25, 0.3) is 10.8 Å². The van der Waals surface area contributed by atoms with E-state index in [4.69, 9.17) is 4.74 Å². The number of hydrogen-bond donors (Lipinski definition) is 2. The molecule has 0 spiro atoms. The number of hydrogen-bond acceptors (Lipinski definition) is 5. The molecule has 0 aliphatic heterocycles. The third kappa shape index (κ3) is 5.29. The Labute approximate surface area is 196 Å². The Kier molecular flexibility index (Phi) is 6.98. The fourth-order valence-electron chi connectivity index (χ4n) is 3.52. The third-order valence-corrected chi connectivity index (χ3v) is 5.12. The van der Waals surface area contributed by atoms with Crippen molar-refractivity contribution in [1.82, 2.24) is 15.1 Å². The fourth-order valence-corrected chi connectivity index (χ4v) is 3.52. The minimum absolute atomic E-state index is 0.0833. The van der Waals surface area contributed by atoms with Gasteiger partial charge in [-0.15, -0.1) is 0 Å². The van der Waals surface area contributed by atoms with Gasteiger partial charge in [0.25, 0.3) is 11.5 Å². The van der Waals surface area contributed by atoms with Crippen molar-refractivity contribution >= 4 is 28.3 Å². The second-order valence-corrected chi connectivity index (χ2v) is 7.53. The van der Waals surface area contributed by atoms with Crippen LogP contribution in [0.5, 0.6) is 5.75 Å². The van der Waals surface area contributed by atoms with Crippen molar-refractivity contribution in [2.24, 2.45) is 0 Å². The minimum atomic E-state index is -0.542. The Balaban J connectivity index is 1.50. The summed E-state index contributed by atoms with van der Waals surface area (Å²) in [7, 11) is 0. The molecule has 1 heterocycles. The van der Waals surface area contributed by atoms with Gasteiger partial charge in [0.2, 0.25) is 5.91 Å². The van der Waals surface area contributed by atoms with Gasteiger partial charge < -0.3 is 15.4 Å². The summed E-state index contributed by atoms with van der Waals surface area (Å²) in [4.78, 5) is 38.3. The Morgan fingerprint density at radius 1 is 0.912 bits per heavy atom. The predicted octanol–water partition coefficient (Wildman–Crippen LogP) is 3.21. The van der Waals surface area contributed by atoms with E-state index < -0.39 is 5.91 Å². The maximum absolute atomic E-state index is 13.0. The minimum Gasteiger partial charge on any atom is -0.494 e. The Morgan fingerprint density at radius 3 is 2.29 bits per heavy atom. The predicted molar refractivity (Wildman–Crippen MR) is 130 cm³/mol. The normalized spacial score (nSPS) is 10.6. The Bertz CT molecular complexity index is 1370. The molecule has 0 atom stereocenters. The van der Waals surface area contributed by atoms with Crippen LogP contribution in [0.4, 0.5) is 5.69 Å². The average Bonchev–Trinajstić information content (AvgIpc) is 2.86. The van der Waals surface area contributed by atoms with Gasteiger partial charge in [-0.05, 0) is 42.8 Å². The number of fused-ring (bicyclic) bond motifs is 1. The molecular formula is C26H24N4O4. The number of carbonyl (C=O) groups is 2. The molecule has 0 fully saturated rings. The van der Waals surface area contributed by atoms with Gasteiger partial charge in [0, 0.05) is 11.1 Å². The molecule has 8 nitrogen and oxygen atoms in total. The molecule has 0 unspecified atom stereocenters. The number of nitrogens with one attached hydrogen (secondary N) is 2. The first-order valence-corrected chi connectivity index (χ1v) is 10.9. The van der Waals surface area contributed by atoms with Crippen LogP contribution in [0.2, 0.25) is 0 Å². The molecular weight excluding hydrogens is 432 g/mol. The molecule has 0 radical (unpaired) electrons. The smallest absolute Gasteiger partial charge is 0.274 e. The molecule has 0 saturated heterocycles. The maximum atomic E-state index is 13.0. The van der Waals surface area contributed by atoms with Crippen molar-refractivity contribution in [1.29, 1.82) is 0 Å². The second-order valence-electron chi connectivity index (χ2n) is 7.53. The van der Waals surface area contributed by atoms with Gasteiger partial charge in [0.15, 0.2) is 5.69 Å². The molecule has 0 saturated carbocycles. The van der Waals surface area contributed by atoms with Crippen molar-refractivity contribution in [3.63, 3.8) is 0 Å². The van der Waals surface area contributed by atoms with Crippen LogP contribution in [0, 0.1) is 0 Å². The molecule has 3 aromatic carbocycles. The van der Waals surface area contributed by atoms with Crippen molar-refractivity contribution in [2.75, 3.05) is 18.5 Å². The van der Waals surface area contributed by atoms with Gasteiger partial charge in [0.1, 0.15) is 5.75 Å². The molecule has 0 aliphatic carbocycles. The maximum Gasteiger partial charge on any atom is 0.274 e. The van der Waals surface area contributed by atoms with Crippen molar-refractivity contribution in [2.45, 2.75) is 13.5 Å². The van der Waals surface area contributed by atoms with Gasteiger partial charge in [-0.3, -0.25) is 14.4 Å². The summed E-state index contributed by atoms with van der Waals surface area (Å²) in [5.41, 5.74) is 1.26. The van der Waals surface area contributed by atoms with Crippen LogP contribution >= 0.6 is 0 Å². The molecule has 4 rings (SSSR count). The zero-order chi connectivity index (χ0) is 23.9. The lowest BCUT2D eigenvalue weighted by Crippen LogP contribution is -2.35. The van der Waals surface area contributed by atoms with Crippen molar-refractivity contribution < 1.29 is 14.3 Å². The van der Waals surface area contributed by atoms with E-state index in [1.807, 2.05) is 37.3 Å². The topological polar surface area (TPSA) is 102 Å². The van der Waals surface area contributed by atoms with E-state index in [9.17, 15) is 14.4 Å². The van der Waals surface area contributed by atoms with E-state index in [1.165, 1.54) is 4.68 Å². The highest BCUT2D eigenvalue weighted by molar-refractivity contribution is 6.06. The average molecular weight is 457 g/mol. The standard InChI is InChI=1S/C26H24N4O4/c1-2-34-20-14-12-19(13-15-20)28-23(31)16-27-25(32)24-21-10-6-7-11-22(21)26(33)30(29-24)17-18-8-4-3-5-9-18/h3-15H,2,16-17H2,1H3,(H,27,32)(H,28,31). The SMILES string of the molecule is CCOc1ccc(NC(=O)CNC(=O)c2nn(Cc3ccccc3)c(=O)c3ccccc23)cc1. The lowest BCUT2D eigenvalue weighted by Gasteiger charge is -2.12. The number of anilines is 1. The van der Waals surface area contributed by atoms with Crippen LogP contribution in [0.15, 0.2) is 83.7 Å². The van der Waals surface area contributed by atoms with Gasteiger partial charge in [-0.1, -0.05) is 48.5 Å². The summed E-state index contributed by atoms with van der Waals surface area (Å²) in [6, 6.07) is 23.2. The number of aromatic nitrogens is 2. The largest absolute Gasteiger partial charge is 0.494 e. The van der Waals surface area contributed by atoms with E-state index in [0.717, 1.165) is 5.56 Å². The molecule has 0 aliphatic rings. The number of benzene rings is 3. The third-order valence-electron chi connectivity index (χ3n) is 5.12. The van der Waals surface area contributed by atoms with E-state index in [2.05, 4.69) is 15.7 Å². The highest BCUT2D eigenvalue weighted by Gasteiger charge is 2.17. The molecule has 2 N–H and O–H groups in total. The molecule has 8 heteroatoms. The number of carbonyl (C=O) groups excluding carboxylic acids is 2. The van der Waals surface area contributed by atoms with Gasteiger partial charge in [-0.2, -0.15) is 5.10 Å². The molecule has 34 heavy (non-hydrogen) atoms. The van der Waals surface area contributed by atoms with Crippen LogP contribution in [0.3, 0.4) is 0 Å². The highest BCUT2D eigenvalue weighted by atomic mass is 16.5. The quantitative estimate of drug-likeness (QED) is 0.424. The lowest BCUT2D eigenvalue weighted by molar-refractivity contribution is -0.115. The van der Waals surface area contributed by atoms with E-state index in [1.54, 1.807) is 48.5 Å². The zero-order valence-electron chi connectivity index (χ0n) is 18.7. The molecule has 2 amide bonds. The number of rotatable bonds is 8. The number of nitrogens with zero attached hydrogens (tertiary/aromatic N) is 2. The first-order chi connectivity index (χ1) is 16.5. The van der Waals surface area contributed by atoms with Crippen LogP contribution in [-0.2, 0) is 11.3 Å². The summed E-state index contributed by atoms with van der Waals surface area (Å²) in [6.07, 6.45) is 0. The monoisotopic (exact) mass is 456 g/mol. The zero-order valence-corrected chi connectivity index (χ0v) is 18.7. The van der Waals surface area contributed by atoms with Crippen molar-refractivity contribution in [3.05, 3.63) is 100 Å². The summed E-state index contributed by atoms with van der Waals surface area (Å²) < 4.78 is 6.65. The number of amides is 2. The lowest BCUT2D eigenvalue weighted by atomic mass is 10.1. The summed E-state index contributed by atoms with van der Waals surface area (Å²) >= 11 is 0. The summed E-state index contributed by atoms with van der Waals surface area (Å²) in [5.74, 6) is -0.225. The van der Waals surface area contributed by atoms with Gasteiger partial charge in [0.05, 0.1) is 25.1 Å². The van der Waals surface area contributed by atoms with E-state index in [-0.39, 0.29) is 30.2 Å². The Morgan fingerprint density at radius 2 is 1.59 bits per heavy atom. The fraction of sp³-hybridized carbons (Fsp3) is 0.154. The molecule has 4 aromatic rings. The van der Waals surface area contributed by atoms with Crippen LogP contribution in [-0.4, -0.2) is 34.7 Å². The highest BCUT2D eigenvalue weighted by Crippen LogP contribution is 2.16. The van der Waals surface area contributed by atoms with Gasteiger partial charge >= 0.3 is 0 Å². The van der Waals surface area contributed by atoms with Crippen molar-refractivity contribution in [3.8, 4) is 5.75 Å². The molecule has 172 valence electrons. The first-order valence-electron chi connectivity index (χ1n) is 10.9. The summed E-state index contributed by atoms with van der Waals surface area (Å²) in [5, 5.41) is 10.5.